The number of hydrogen-bond acceptors (Lipinski definition) is 4. The Kier molecular flexibility index (Phi) is 3.43. The van der Waals surface area contributed by atoms with E-state index < -0.39 is 0 Å². The number of rotatable bonds is 2. The molecule has 0 unspecified atom stereocenters. The lowest BCUT2D eigenvalue weighted by molar-refractivity contribution is 1.11. The number of pyridine rings is 1. The summed E-state index contributed by atoms with van der Waals surface area (Å²) in [5.74, 6) is 0.662. The molecule has 0 radical (unpaired) electrons. The van der Waals surface area contributed by atoms with Crippen molar-refractivity contribution in [1.29, 1.82) is 0 Å². The highest BCUT2D eigenvalue weighted by molar-refractivity contribution is 9.10. The van der Waals surface area contributed by atoms with Crippen molar-refractivity contribution < 1.29 is 0 Å². The van der Waals surface area contributed by atoms with Crippen LogP contribution in [-0.2, 0) is 0 Å². The van der Waals surface area contributed by atoms with Crippen molar-refractivity contribution in [1.82, 2.24) is 19.4 Å². The number of anilines is 2. The molecule has 0 aliphatic rings. The summed E-state index contributed by atoms with van der Waals surface area (Å²) in [6.45, 7) is 1.95. The zero-order valence-electron chi connectivity index (χ0n) is 12.1. The molecule has 0 fully saturated rings. The topological polar surface area (TPSA) is 55.1 Å². The van der Waals surface area contributed by atoms with Gasteiger partial charge in [-0.1, -0.05) is 17.7 Å². The summed E-state index contributed by atoms with van der Waals surface area (Å²) >= 11 is 9.49. The minimum absolute atomic E-state index is 0.662. The summed E-state index contributed by atoms with van der Waals surface area (Å²) in [4.78, 5) is 13.7. The molecule has 0 saturated carbocycles. The van der Waals surface area contributed by atoms with Crippen molar-refractivity contribution in [2.45, 2.75) is 6.92 Å². The van der Waals surface area contributed by atoms with Gasteiger partial charge in [0.15, 0.2) is 5.65 Å². The third kappa shape index (κ3) is 2.64. The summed E-state index contributed by atoms with van der Waals surface area (Å²) in [7, 11) is 0. The van der Waals surface area contributed by atoms with E-state index in [1.165, 1.54) is 0 Å². The van der Waals surface area contributed by atoms with Gasteiger partial charge >= 0.3 is 0 Å². The fourth-order valence-electron chi connectivity index (χ4n) is 2.46. The molecule has 4 aromatic rings. The Morgan fingerprint density at radius 2 is 2.09 bits per heavy atom. The Balaban J connectivity index is 1.96. The fraction of sp³-hybridized carbons (Fsp3) is 0.0625. The molecule has 0 spiro atoms. The molecule has 5 nitrogen and oxygen atoms in total. The van der Waals surface area contributed by atoms with Gasteiger partial charge in [-0.2, -0.15) is 0 Å². The van der Waals surface area contributed by atoms with Crippen molar-refractivity contribution in [2.24, 2.45) is 0 Å². The average molecular weight is 389 g/mol. The van der Waals surface area contributed by atoms with Gasteiger partial charge < -0.3 is 5.32 Å². The second-order valence-corrected chi connectivity index (χ2v) is 6.52. The minimum Gasteiger partial charge on any atom is -0.325 e. The smallest absolute Gasteiger partial charge is 0.213 e. The molecule has 7 heteroatoms. The molecule has 3 aromatic heterocycles. The number of aromatic nitrogens is 4. The highest BCUT2D eigenvalue weighted by atomic mass is 79.9. The van der Waals surface area contributed by atoms with Crippen LogP contribution in [0, 0.1) is 6.92 Å². The lowest BCUT2D eigenvalue weighted by Gasteiger charge is -2.10. The van der Waals surface area contributed by atoms with E-state index in [1.54, 1.807) is 6.20 Å². The van der Waals surface area contributed by atoms with Gasteiger partial charge in [-0.05, 0) is 47.1 Å². The third-order valence-corrected chi connectivity index (χ3v) is 4.08. The van der Waals surface area contributed by atoms with Crippen LogP contribution in [0.15, 0.2) is 47.2 Å². The number of aryl methyl sites for hydroxylation is 1. The standard InChI is InChI=1S/C16H11BrClN5/c1-9-8-23-15(20-9)14-13(5-10(17)7-19-14)22-16(23)21-12-4-2-3-11(18)6-12/h2-8H,1H3,(H,21,22). The fourth-order valence-corrected chi connectivity index (χ4v) is 2.97. The second-order valence-electron chi connectivity index (χ2n) is 5.17. The normalized spacial score (nSPS) is 11.3. The van der Waals surface area contributed by atoms with Crippen molar-refractivity contribution in [3.05, 3.63) is 57.9 Å². The van der Waals surface area contributed by atoms with Crippen molar-refractivity contribution in [3.63, 3.8) is 0 Å². The molecule has 114 valence electrons. The number of benzene rings is 1. The number of hydrogen-bond donors (Lipinski definition) is 1. The summed E-state index contributed by atoms with van der Waals surface area (Å²) in [6.07, 6.45) is 3.68. The van der Waals surface area contributed by atoms with Crippen LogP contribution in [0.1, 0.15) is 5.69 Å². The molecule has 1 aromatic carbocycles. The van der Waals surface area contributed by atoms with E-state index in [0.29, 0.717) is 11.0 Å². The lowest BCUT2D eigenvalue weighted by atomic mass is 10.3. The van der Waals surface area contributed by atoms with E-state index in [4.69, 9.17) is 11.6 Å². The minimum atomic E-state index is 0.662. The maximum absolute atomic E-state index is 6.05. The van der Waals surface area contributed by atoms with E-state index in [0.717, 1.165) is 32.5 Å². The van der Waals surface area contributed by atoms with Crippen LogP contribution in [-0.4, -0.2) is 19.4 Å². The molecule has 0 aliphatic carbocycles. The van der Waals surface area contributed by atoms with E-state index in [1.807, 2.05) is 47.9 Å². The van der Waals surface area contributed by atoms with Crippen LogP contribution in [0.3, 0.4) is 0 Å². The van der Waals surface area contributed by atoms with Crippen LogP contribution in [0.25, 0.3) is 16.7 Å². The van der Waals surface area contributed by atoms with Gasteiger partial charge in [0.2, 0.25) is 5.95 Å². The molecule has 0 saturated heterocycles. The Morgan fingerprint density at radius 1 is 1.22 bits per heavy atom. The highest BCUT2D eigenvalue weighted by Crippen LogP contribution is 2.25. The zero-order valence-corrected chi connectivity index (χ0v) is 14.4. The number of fused-ring (bicyclic) bond motifs is 3. The van der Waals surface area contributed by atoms with Gasteiger partial charge in [0.25, 0.3) is 0 Å². The molecule has 4 rings (SSSR count). The Labute approximate surface area is 145 Å². The molecular formula is C16H11BrClN5. The molecule has 0 atom stereocenters. The SMILES string of the molecule is Cc1cn2c(Nc3cccc(Cl)c3)nc3cc(Br)cnc3c2n1. The van der Waals surface area contributed by atoms with Crippen molar-refractivity contribution >= 4 is 55.8 Å². The predicted molar refractivity (Wildman–Crippen MR) is 95.5 cm³/mol. The van der Waals surface area contributed by atoms with Gasteiger partial charge in [0.1, 0.15) is 5.52 Å². The first-order valence-electron chi connectivity index (χ1n) is 6.94. The highest BCUT2D eigenvalue weighted by Gasteiger charge is 2.12. The molecule has 0 aliphatic heterocycles. The van der Waals surface area contributed by atoms with Crippen LogP contribution in [0.2, 0.25) is 5.02 Å². The zero-order chi connectivity index (χ0) is 16.0. The van der Waals surface area contributed by atoms with Gasteiger partial charge in [0, 0.05) is 27.6 Å². The monoisotopic (exact) mass is 387 g/mol. The van der Waals surface area contributed by atoms with Crippen LogP contribution >= 0.6 is 27.5 Å². The average Bonchev–Trinajstić information content (AvgIpc) is 2.89. The first-order valence-corrected chi connectivity index (χ1v) is 8.11. The second kappa shape index (κ2) is 5.47. The molecule has 3 heterocycles. The van der Waals surface area contributed by atoms with Gasteiger partial charge in [-0.15, -0.1) is 0 Å². The van der Waals surface area contributed by atoms with Crippen LogP contribution in [0.4, 0.5) is 11.6 Å². The largest absolute Gasteiger partial charge is 0.325 e. The maximum atomic E-state index is 6.05. The van der Waals surface area contributed by atoms with Crippen molar-refractivity contribution in [2.75, 3.05) is 5.32 Å². The summed E-state index contributed by atoms with van der Waals surface area (Å²) in [5, 5.41) is 3.96. The summed E-state index contributed by atoms with van der Waals surface area (Å²) < 4.78 is 2.78. The van der Waals surface area contributed by atoms with E-state index in [9.17, 15) is 0 Å². The Hall–Kier alpha value is -2.18. The third-order valence-electron chi connectivity index (χ3n) is 3.41. The first kappa shape index (κ1) is 14.4. The van der Waals surface area contributed by atoms with Crippen LogP contribution < -0.4 is 5.32 Å². The van der Waals surface area contributed by atoms with E-state index >= 15 is 0 Å². The predicted octanol–water partition coefficient (Wildman–Crippen LogP) is 4.75. The number of nitrogens with zero attached hydrogens (tertiary/aromatic N) is 4. The summed E-state index contributed by atoms with van der Waals surface area (Å²) in [5.41, 5.74) is 4.06. The summed E-state index contributed by atoms with van der Waals surface area (Å²) in [6, 6.07) is 9.43. The Morgan fingerprint density at radius 3 is 2.91 bits per heavy atom. The maximum Gasteiger partial charge on any atom is 0.213 e. The number of nitrogens with one attached hydrogen (secondary N) is 1. The molecule has 0 bridgehead atoms. The number of imidazole rings is 1. The Bertz CT molecular complexity index is 1040. The van der Waals surface area contributed by atoms with Crippen LogP contribution in [0.5, 0.6) is 0 Å². The first-order chi connectivity index (χ1) is 11.1. The van der Waals surface area contributed by atoms with Crippen molar-refractivity contribution in [3.8, 4) is 0 Å². The number of halogens is 2. The van der Waals surface area contributed by atoms with Gasteiger partial charge in [-0.3, -0.25) is 4.40 Å². The van der Waals surface area contributed by atoms with Gasteiger partial charge in [0.05, 0.1) is 11.2 Å². The molecule has 0 amide bonds. The lowest BCUT2D eigenvalue weighted by Crippen LogP contribution is -2.02. The molecule has 1 N–H and O–H groups in total. The van der Waals surface area contributed by atoms with Gasteiger partial charge in [-0.25, -0.2) is 15.0 Å². The van der Waals surface area contributed by atoms with E-state index in [-0.39, 0.29) is 0 Å². The quantitative estimate of drug-likeness (QED) is 0.538. The molecule has 23 heavy (non-hydrogen) atoms. The molecular weight excluding hydrogens is 378 g/mol. The van der Waals surface area contributed by atoms with E-state index in [2.05, 4.69) is 36.2 Å².